The van der Waals surface area contributed by atoms with Gasteiger partial charge in [0.1, 0.15) is 6.10 Å². The van der Waals surface area contributed by atoms with E-state index in [1.54, 1.807) is 0 Å². The number of nitriles is 1. The van der Waals surface area contributed by atoms with E-state index in [-0.39, 0.29) is 11.5 Å². The zero-order valence-electron chi connectivity index (χ0n) is 8.93. The molecule has 0 N–H and O–H groups in total. The molecule has 3 heteroatoms. The topological polar surface area (TPSA) is 50.1 Å². The fraction of sp³-hybridized carbons (Fsp3) is 0.385. The van der Waals surface area contributed by atoms with E-state index in [2.05, 4.69) is 6.07 Å². The van der Waals surface area contributed by atoms with E-state index in [1.807, 2.05) is 30.3 Å². The molecule has 0 bridgehead atoms. The summed E-state index contributed by atoms with van der Waals surface area (Å²) >= 11 is 0. The van der Waals surface area contributed by atoms with Crippen LogP contribution in [0.15, 0.2) is 30.3 Å². The normalized spacial score (nSPS) is 18.2. The van der Waals surface area contributed by atoms with Crippen molar-refractivity contribution in [2.45, 2.75) is 25.4 Å². The van der Waals surface area contributed by atoms with Crippen molar-refractivity contribution in [1.82, 2.24) is 0 Å². The number of hydrogen-bond donors (Lipinski definition) is 0. The molecule has 16 heavy (non-hydrogen) atoms. The first-order valence-electron chi connectivity index (χ1n) is 5.33. The maximum Gasteiger partial charge on any atom is 0.293 e. The van der Waals surface area contributed by atoms with Gasteiger partial charge in [-0.25, -0.2) is 0 Å². The molecule has 82 valence electrons. The largest absolute Gasteiger partial charge is 0.459 e. The highest BCUT2D eigenvalue weighted by atomic mass is 16.5. The molecule has 1 aromatic carbocycles. The van der Waals surface area contributed by atoms with Crippen LogP contribution in [0.2, 0.25) is 0 Å². The monoisotopic (exact) mass is 215 g/mol. The van der Waals surface area contributed by atoms with Crippen molar-refractivity contribution in [3.05, 3.63) is 35.9 Å². The molecule has 1 atom stereocenters. The Morgan fingerprint density at radius 3 is 2.62 bits per heavy atom. The Balaban J connectivity index is 2.25. The minimum atomic E-state index is -0.272. The predicted molar refractivity (Wildman–Crippen MR) is 58.2 cm³/mol. The molecule has 1 aliphatic rings. The van der Waals surface area contributed by atoms with Gasteiger partial charge in [-0.3, -0.25) is 4.79 Å². The summed E-state index contributed by atoms with van der Waals surface area (Å²) in [6.45, 7) is 0.481. The van der Waals surface area contributed by atoms with Crippen LogP contribution in [0.4, 0.5) is 0 Å². The molecule has 0 amide bonds. The van der Waals surface area contributed by atoms with Gasteiger partial charge in [0.2, 0.25) is 0 Å². The SMILES string of the molecule is N#CCC1(C(OC=O)c2ccccc2)CC1. The molecule has 1 saturated carbocycles. The number of benzene rings is 1. The standard InChI is InChI=1S/C13H13NO2/c14-9-8-13(6-7-13)12(16-10-15)11-4-2-1-3-5-11/h1-5,10,12H,6-8H2. The van der Waals surface area contributed by atoms with Crippen LogP contribution in [0, 0.1) is 16.7 Å². The van der Waals surface area contributed by atoms with Crippen LogP contribution in [0.1, 0.15) is 30.9 Å². The molecule has 0 spiro atoms. The van der Waals surface area contributed by atoms with Gasteiger partial charge in [0.25, 0.3) is 6.47 Å². The number of nitrogens with zero attached hydrogens (tertiary/aromatic N) is 1. The molecule has 1 aliphatic carbocycles. The lowest BCUT2D eigenvalue weighted by molar-refractivity contribution is -0.137. The molecule has 0 saturated heterocycles. The minimum Gasteiger partial charge on any atom is -0.459 e. The Kier molecular flexibility index (Phi) is 2.91. The van der Waals surface area contributed by atoms with Gasteiger partial charge < -0.3 is 4.74 Å². The van der Waals surface area contributed by atoms with Gasteiger partial charge in [-0.15, -0.1) is 0 Å². The van der Waals surface area contributed by atoms with Crippen molar-refractivity contribution in [3.63, 3.8) is 0 Å². The zero-order chi connectivity index (χ0) is 11.4. The quantitative estimate of drug-likeness (QED) is 0.709. The fourth-order valence-electron chi connectivity index (χ4n) is 2.11. The van der Waals surface area contributed by atoms with Gasteiger partial charge in [-0.1, -0.05) is 30.3 Å². The molecule has 0 aromatic heterocycles. The van der Waals surface area contributed by atoms with Gasteiger partial charge in [-0.05, 0) is 18.4 Å². The maximum absolute atomic E-state index is 10.6. The lowest BCUT2D eigenvalue weighted by Crippen LogP contribution is -2.16. The van der Waals surface area contributed by atoms with Gasteiger partial charge in [-0.2, -0.15) is 5.26 Å². The summed E-state index contributed by atoms with van der Waals surface area (Å²) in [4.78, 5) is 10.6. The summed E-state index contributed by atoms with van der Waals surface area (Å²) in [6.07, 6.45) is 2.08. The summed E-state index contributed by atoms with van der Waals surface area (Å²) in [6, 6.07) is 11.8. The first kappa shape index (κ1) is 10.7. The Labute approximate surface area is 94.6 Å². The van der Waals surface area contributed by atoms with Crippen LogP contribution < -0.4 is 0 Å². The van der Waals surface area contributed by atoms with Crippen molar-refractivity contribution in [2.24, 2.45) is 5.41 Å². The molecule has 1 unspecified atom stereocenters. The smallest absolute Gasteiger partial charge is 0.293 e. The third-order valence-electron chi connectivity index (χ3n) is 3.17. The second-order valence-corrected chi connectivity index (χ2v) is 4.22. The average molecular weight is 215 g/mol. The highest BCUT2D eigenvalue weighted by Gasteiger charge is 2.51. The fourth-order valence-corrected chi connectivity index (χ4v) is 2.11. The summed E-state index contributed by atoms with van der Waals surface area (Å²) < 4.78 is 5.18. The van der Waals surface area contributed by atoms with Gasteiger partial charge in [0.15, 0.2) is 0 Å². The van der Waals surface area contributed by atoms with E-state index in [0.717, 1.165) is 18.4 Å². The van der Waals surface area contributed by atoms with Crippen LogP contribution in [0.3, 0.4) is 0 Å². The summed E-state index contributed by atoms with van der Waals surface area (Å²) in [7, 11) is 0. The van der Waals surface area contributed by atoms with Gasteiger partial charge >= 0.3 is 0 Å². The summed E-state index contributed by atoms with van der Waals surface area (Å²) in [5.41, 5.74) is 0.833. The van der Waals surface area contributed by atoms with E-state index in [1.165, 1.54) is 0 Å². The third kappa shape index (κ3) is 1.92. The lowest BCUT2D eigenvalue weighted by Gasteiger charge is -2.23. The number of carbonyl (C=O) groups is 1. The average Bonchev–Trinajstić information content (AvgIpc) is 3.08. The van der Waals surface area contributed by atoms with Crippen LogP contribution in [0.5, 0.6) is 0 Å². The van der Waals surface area contributed by atoms with Crippen molar-refractivity contribution >= 4 is 6.47 Å². The first-order chi connectivity index (χ1) is 7.82. The Morgan fingerprint density at radius 1 is 1.44 bits per heavy atom. The predicted octanol–water partition coefficient (Wildman–Crippen LogP) is 2.59. The van der Waals surface area contributed by atoms with E-state index in [9.17, 15) is 4.79 Å². The van der Waals surface area contributed by atoms with Crippen molar-refractivity contribution in [1.29, 1.82) is 5.26 Å². The number of rotatable bonds is 5. The second-order valence-electron chi connectivity index (χ2n) is 4.22. The Hall–Kier alpha value is -1.82. The van der Waals surface area contributed by atoms with E-state index in [4.69, 9.17) is 10.00 Å². The lowest BCUT2D eigenvalue weighted by atomic mass is 9.90. The molecule has 0 aliphatic heterocycles. The van der Waals surface area contributed by atoms with Crippen LogP contribution in [-0.4, -0.2) is 6.47 Å². The van der Waals surface area contributed by atoms with Crippen LogP contribution in [0.25, 0.3) is 0 Å². The Morgan fingerprint density at radius 2 is 2.12 bits per heavy atom. The highest BCUT2D eigenvalue weighted by Crippen LogP contribution is 2.58. The zero-order valence-corrected chi connectivity index (χ0v) is 8.93. The Bertz CT molecular complexity index is 404. The van der Waals surface area contributed by atoms with Gasteiger partial charge in [0.05, 0.1) is 6.07 Å². The van der Waals surface area contributed by atoms with E-state index in [0.29, 0.717) is 12.9 Å². The number of hydrogen-bond acceptors (Lipinski definition) is 3. The van der Waals surface area contributed by atoms with Crippen molar-refractivity contribution < 1.29 is 9.53 Å². The summed E-state index contributed by atoms with van der Waals surface area (Å²) in [5.74, 6) is 0. The minimum absolute atomic E-state index is 0.142. The second kappa shape index (κ2) is 4.36. The molecular weight excluding hydrogens is 202 g/mol. The van der Waals surface area contributed by atoms with Gasteiger partial charge in [0, 0.05) is 11.8 Å². The van der Waals surface area contributed by atoms with Crippen LogP contribution in [-0.2, 0) is 9.53 Å². The summed E-state index contributed by atoms with van der Waals surface area (Å²) in [5, 5.41) is 8.81. The maximum atomic E-state index is 10.6. The van der Waals surface area contributed by atoms with Crippen LogP contribution >= 0.6 is 0 Å². The molecular formula is C13H13NO2. The van der Waals surface area contributed by atoms with Crippen molar-refractivity contribution in [3.8, 4) is 6.07 Å². The molecule has 0 radical (unpaired) electrons. The molecule has 1 aromatic rings. The van der Waals surface area contributed by atoms with Crippen molar-refractivity contribution in [2.75, 3.05) is 0 Å². The number of carbonyl (C=O) groups excluding carboxylic acids is 1. The molecule has 0 heterocycles. The van der Waals surface area contributed by atoms with E-state index >= 15 is 0 Å². The van der Waals surface area contributed by atoms with E-state index < -0.39 is 0 Å². The molecule has 2 rings (SSSR count). The first-order valence-corrected chi connectivity index (χ1v) is 5.33. The number of ether oxygens (including phenoxy) is 1. The molecule has 1 fully saturated rings. The molecule has 3 nitrogen and oxygen atoms in total. The highest BCUT2D eigenvalue weighted by molar-refractivity contribution is 5.40. The third-order valence-corrected chi connectivity index (χ3v) is 3.17.